The summed E-state index contributed by atoms with van der Waals surface area (Å²) in [6, 6.07) is 13.6. The number of methoxy groups -OCH3 is 1. The van der Waals surface area contributed by atoms with Gasteiger partial charge in [-0.25, -0.2) is 4.98 Å². The molecule has 0 bridgehead atoms. The standard InChI is InChI=1S/C17H15ClN2OS/c1-11-9-12(3-8-16(11)21-2)15-10-22-17(20-15)19-14-6-4-13(18)5-7-14/h3-10H,1-2H3,(H,19,20). The van der Waals surface area contributed by atoms with E-state index in [4.69, 9.17) is 16.3 Å². The van der Waals surface area contributed by atoms with E-state index in [0.717, 1.165) is 38.4 Å². The van der Waals surface area contributed by atoms with E-state index >= 15 is 0 Å². The van der Waals surface area contributed by atoms with Crippen LogP contribution >= 0.6 is 22.9 Å². The third kappa shape index (κ3) is 3.24. The molecule has 0 saturated heterocycles. The number of rotatable bonds is 4. The Labute approximate surface area is 138 Å². The molecule has 0 spiro atoms. The molecule has 0 aliphatic carbocycles. The van der Waals surface area contributed by atoms with Crippen molar-refractivity contribution in [1.82, 2.24) is 4.98 Å². The minimum atomic E-state index is 0.721. The minimum Gasteiger partial charge on any atom is -0.496 e. The molecule has 5 heteroatoms. The van der Waals surface area contributed by atoms with Crippen LogP contribution in [-0.2, 0) is 0 Å². The molecule has 3 aromatic rings. The first-order chi connectivity index (χ1) is 10.7. The smallest absolute Gasteiger partial charge is 0.187 e. The van der Waals surface area contributed by atoms with E-state index in [9.17, 15) is 0 Å². The predicted octanol–water partition coefficient (Wildman–Crippen LogP) is 5.52. The fourth-order valence-corrected chi connectivity index (χ4v) is 3.02. The van der Waals surface area contributed by atoms with Crippen LogP contribution in [0, 0.1) is 6.92 Å². The number of hydrogen-bond donors (Lipinski definition) is 1. The van der Waals surface area contributed by atoms with Crippen molar-refractivity contribution in [3.8, 4) is 17.0 Å². The molecule has 3 rings (SSSR count). The lowest BCUT2D eigenvalue weighted by atomic mass is 10.1. The fourth-order valence-electron chi connectivity index (χ4n) is 2.16. The second kappa shape index (κ2) is 6.38. The van der Waals surface area contributed by atoms with Crippen LogP contribution in [0.1, 0.15) is 5.56 Å². The summed E-state index contributed by atoms with van der Waals surface area (Å²) < 4.78 is 5.29. The van der Waals surface area contributed by atoms with Gasteiger partial charge < -0.3 is 10.1 Å². The van der Waals surface area contributed by atoms with Gasteiger partial charge in [-0.1, -0.05) is 11.6 Å². The van der Waals surface area contributed by atoms with E-state index < -0.39 is 0 Å². The van der Waals surface area contributed by atoms with Gasteiger partial charge >= 0.3 is 0 Å². The topological polar surface area (TPSA) is 34.1 Å². The Kier molecular flexibility index (Phi) is 4.32. The average Bonchev–Trinajstić information content (AvgIpc) is 2.98. The van der Waals surface area contributed by atoms with Crippen molar-refractivity contribution in [2.75, 3.05) is 12.4 Å². The number of benzene rings is 2. The molecule has 22 heavy (non-hydrogen) atoms. The normalized spacial score (nSPS) is 10.5. The molecular formula is C17H15ClN2OS. The zero-order valence-electron chi connectivity index (χ0n) is 12.3. The van der Waals surface area contributed by atoms with Crippen molar-refractivity contribution in [2.45, 2.75) is 6.92 Å². The van der Waals surface area contributed by atoms with Gasteiger partial charge in [0, 0.05) is 21.7 Å². The predicted molar refractivity (Wildman–Crippen MR) is 93.6 cm³/mol. The van der Waals surface area contributed by atoms with Crippen molar-refractivity contribution in [2.24, 2.45) is 0 Å². The number of nitrogens with zero attached hydrogens (tertiary/aromatic N) is 1. The fraction of sp³-hybridized carbons (Fsp3) is 0.118. The number of aromatic nitrogens is 1. The molecule has 1 heterocycles. The van der Waals surface area contributed by atoms with Crippen molar-refractivity contribution in [3.63, 3.8) is 0 Å². The first-order valence-corrected chi connectivity index (χ1v) is 8.04. The number of ether oxygens (including phenoxy) is 1. The highest BCUT2D eigenvalue weighted by molar-refractivity contribution is 7.14. The van der Waals surface area contributed by atoms with Crippen LogP contribution in [0.4, 0.5) is 10.8 Å². The molecule has 2 aromatic carbocycles. The van der Waals surface area contributed by atoms with Gasteiger partial charge in [0.2, 0.25) is 0 Å². The highest BCUT2D eigenvalue weighted by Gasteiger charge is 2.07. The third-order valence-electron chi connectivity index (χ3n) is 3.29. The molecule has 0 amide bonds. The lowest BCUT2D eigenvalue weighted by molar-refractivity contribution is 0.412. The lowest BCUT2D eigenvalue weighted by Gasteiger charge is -2.05. The molecule has 1 N–H and O–H groups in total. The molecule has 0 atom stereocenters. The van der Waals surface area contributed by atoms with Crippen LogP contribution in [0.5, 0.6) is 5.75 Å². The minimum absolute atomic E-state index is 0.721. The van der Waals surface area contributed by atoms with Crippen LogP contribution in [0.25, 0.3) is 11.3 Å². The molecular weight excluding hydrogens is 316 g/mol. The third-order valence-corrected chi connectivity index (χ3v) is 4.30. The van der Waals surface area contributed by atoms with E-state index in [2.05, 4.69) is 16.4 Å². The van der Waals surface area contributed by atoms with Crippen molar-refractivity contribution < 1.29 is 4.74 Å². The first kappa shape index (κ1) is 14.9. The Morgan fingerprint density at radius 1 is 1.14 bits per heavy atom. The summed E-state index contributed by atoms with van der Waals surface area (Å²) in [6.45, 7) is 2.03. The molecule has 3 nitrogen and oxygen atoms in total. The number of aryl methyl sites for hydroxylation is 1. The maximum atomic E-state index is 5.89. The highest BCUT2D eigenvalue weighted by Crippen LogP contribution is 2.30. The van der Waals surface area contributed by atoms with Gasteiger partial charge in [0.1, 0.15) is 5.75 Å². The van der Waals surface area contributed by atoms with Crippen LogP contribution in [0.3, 0.4) is 0 Å². The quantitative estimate of drug-likeness (QED) is 0.683. The molecule has 0 aliphatic rings. The van der Waals surface area contributed by atoms with Crippen LogP contribution in [0.15, 0.2) is 47.8 Å². The largest absolute Gasteiger partial charge is 0.496 e. The number of thiazole rings is 1. The monoisotopic (exact) mass is 330 g/mol. The summed E-state index contributed by atoms with van der Waals surface area (Å²) in [4.78, 5) is 4.63. The summed E-state index contributed by atoms with van der Waals surface area (Å²) >= 11 is 7.46. The Hall–Kier alpha value is -2.04. The van der Waals surface area contributed by atoms with Gasteiger partial charge in [-0.05, 0) is 55.0 Å². The van der Waals surface area contributed by atoms with Gasteiger partial charge in [0.05, 0.1) is 12.8 Å². The molecule has 0 radical (unpaired) electrons. The zero-order valence-corrected chi connectivity index (χ0v) is 13.8. The summed E-state index contributed by atoms with van der Waals surface area (Å²) in [6.07, 6.45) is 0. The van der Waals surface area contributed by atoms with Crippen LogP contribution < -0.4 is 10.1 Å². The lowest BCUT2D eigenvalue weighted by Crippen LogP contribution is -1.90. The second-order valence-corrected chi connectivity index (χ2v) is 6.15. The molecule has 1 aromatic heterocycles. The SMILES string of the molecule is COc1ccc(-c2csc(Nc3ccc(Cl)cc3)n2)cc1C. The van der Waals surface area contributed by atoms with Gasteiger partial charge in [-0.15, -0.1) is 11.3 Å². The number of anilines is 2. The Morgan fingerprint density at radius 2 is 1.91 bits per heavy atom. The molecule has 0 aliphatic heterocycles. The Morgan fingerprint density at radius 3 is 2.59 bits per heavy atom. The highest BCUT2D eigenvalue weighted by atomic mass is 35.5. The first-order valence-electron chi connectivity index (χ1n) is 6.79. The zero-order chi connectivity index (χ0) is 15.5. The van der Waals surface area contributed by atoms with Crippen molar-refractivity contribution in [3.05, 3.63) is 58.4 Å². The summed E-state index contributed by atoms with van der Waals surface area (Å²) in [5.74, 6) is 0.887. The summed E-state index contributed by atoms with van der Waals surface area (Å²) in [7, 11) is 1.68. The van der Waals surface area contributed by atoms with Crippen molar-refractivity contribution >= 4 is 33.8 Å². The van der Waals surface area contributed by atoms with E-state index in [0.29, 0.717) is 0 Å². The Bertz CT molecular complexity index is 784. The van der Waals surface area contributed by atoms with Gasteiger partial charge in [-0.3, -0.25) is 0 Å². The van der Waals surface area contributed by atoms with E-state index in [1.807, 2.05) is 48.7 Å². The molecule has 0 saturated carbocycles. The van der Waals surface area contributed by atoms with Gasteiger partial charge in [0.15, 0.2) is 5.13 Å². The Balaban J connectivity index is 1.81. The van der Waals surface area contributed by atoms with Gasteiger partial charge in [-0.2, -0.15) is 0 Å². The second-order valence-electron chi connectivity index (χ2n) is 4.85. The van der Waals surface area contributed by atoms with E-state index in [1.54, 1.807) is 18.4 Å². The van der Waals surface area contributed by atoms with Crippen LogP contribution in [-0.4, -0.2) is 12.1 Å². The van der Waals surface area contributed by atoms with Crippen molar-refractivity contribution in [1.29, 1.82) is 0 Å². The maximum absolute atomic E-state index is 5.89. The average molecular weight is 331 g/mol. The van der Waals surface area contributed by atoms with Crippen LogP contribution in [0.2, 0.25) is 5.02 Å². The molecule has 112 valence electrons. The summed E-state index contributed by atoms with van der Waals surface area (Å²) in [5.41, 5.74) is 4.10. The molecule has 0 unspecified atom stereocenters. The van der Waals surface area contributed by atoms with Gasteiger partial charge in [0.25, 0.3) is 0 Å². The number of halogens is 1. The maximum Gasteiger partial charge on any atom is 0.187 e. The van der Waals surface area contributed by atoms with E-state index in [1.165, 1.54) is 0 Å². The molecule has 0 fully saturated rings. The van der Waals surface area contributed by atoms with E-state index in [-0.39, 0.29) is 0 Å². The number of hydrogen-bond acceptors (Lipinski definition) is 4. The summed E-state index contributed by atoms with van der Waals surface area (Å²) in [5, 5.41) is 6.90. The number of nitrogens with one attached hydrogen (secondary N) is 1.